The smallest absolute Gasteiger partial charge is 0.340 e. The van der Waals surface area contributed by atoms with Crippen LogP contribution >= 0.6 is 0 Å². The molecule has 2 aromatic rings. The minimum atomic E-state index is -0.287. The Morgan fingerprint density at radius 3 is 2.17 bits per heavy atom. The van der Waals surface area contributed by atoms with Crippen LogP contribution in [0.2, 0.25) is 0 Å². The van der Waals surface area contributed by atoms with E-state index in [4.69, 9.17) is 0 Å². The van der Waals surface area contributed by atoms with Gasteiger partial charge >= 0.3 is 6.03 Å². The average Bonchev–Trinajstić information content (AvgIpc) is 3.25. The predicted octanol–water partition coefficient (Wildman–Crippen LogP) is 3.58. The van der Waals surface area contributed by atoms with E-state index in [9.17, 15) is 9.59 Å². The van der Waals surface area contributed by atoms with Crippen molar-refractivity contribution in [3.05, 3.63) is 60.2 Å². The van der Waals surface area contributed by atoms with Crippen molar-refractivity contribution in [2.24, 2.45) is 0 Å². The van der Waals surface area contributed by atoms with Gasteiger partial charge in [-0.25, -0.2) is 10.2 Å². The summed E-state index contributed by atoms with van der Waals surface area (Å²) in [5, 5.41) is 4.81. The van der Waals surface area contributed by atoms with Crippen LogP contribution in [0, 0.1) is 0 Å². The highest BCUT2D eigenvalue weighted by Gasteiger charge is 2.33. The van der Waals surface area contributed by atoms with Gasteiger partial charge in [0.25, 0.3) is 0 Å². The van der Waals surface area contributed by atoms with E-state index in [1.165, 1.54) is 0 Å². The molecule has 2 aliphatic heterocycles. The minimum Gasteiger partial charge on any atom is -0.369 e. The van der Waals surface area contributed by atoms with Crippen molar-refractivity contribution in [3.63, 3.8) is 0 Å². The van der Waals surface area contributed by atoms with Crippen LogP contribution in [-0.2, 0) is 4.79 Å². The molecule has 2 aromatic carbocycles. The van der Waals surface area contributed by atoms with Crippen molar-refractivity contribution < 1.29 is 9.59 Å². The monoisotopic (exact) mass is 478 g/mol. The molecule has 0 aliphatic carbocycles. The van der Waals surface area contributed by atoms with Crippen molar-refractivity contribution in [2.45, 2.75) is 52.2 Å². The largest absolute Gasteiger partial charge is 0.369 e. The molecule has 2 saturated heterocycles. The third-order valence-corrected chi connectivity index (χ3v) is 6.87. The summed E-state index contributed by atoms with van der Waals surface area (Å²) in [4.78, 5) is 32.2. The SMILES string of the molecule is CCC(C)N1NCN(c2ccc(N3CCN(C(C(=O)NC(C)C)c4ccccc4)CC3)cc2)C1=O. The molecule has 4 rings (SSSR count). The molecule has 35 heavy (non-hydrogen) atoms. The number of amides is 3. The number of hydrogen-bond donors (Lipinski definition) is 2. The summed E-state index contributed by atoms with van der Waals surface area (Å²) >= 11 is 0. The fraction of sp³-hybridized carbons (Fsp3) is 0.481. The van der Waals surface area contributed by atoms with Crippen LogP contribution in [0.1, 0.15) is 45.7 Å². The number of carbonyl (C=O) groups is 2. The molecule has 0 bridgehead atoms. The van der Waals surface area contributed by atoms with Crippen LogP contribution < -0.4 is 20.5 Å². The number of urea groups is 1. The topological polar surface area (TPSA) is 71.2 Å². The van der Waals surface area contributed by atoms with Gasteiger partial charge in [0.05, 0.1) is 6.67 Å². The first-order valence-electron chi connectivity index (χ1n) is 12.7. The molecule has 188 valence electrons. The number of nitrogens with one attached hydrogen (secondary N) is 2. The van der Waals surface area contributed by atoms with Gasteiger partial charge in [-0.3, -0.25) is 19.6 Å². The second-order valence-electron chi connectivity index (χ2n) is 9.67. The highest BCUT2D eigenvalue weighted by molar-refractivity contribution is 5.93. The first kappa shape index (κ1) is 25.0. The molecule has 2 unspecified atom stereocenters. The third kappa shape index (κ3) is 5.60. The highest BCUT2D eigenvalue weighted by Crippen LogP contribution is 2.27. The van der Waals surface area contributed by atoms with E-state index in [2.05, 4.69) is 39.6 Å². The number of hydrazine groups is 1. The first-order valence-corrected chi connectivity index (χ1v) is 12.7. The molecule has 2 atom stereocenters. The van der Waals surface area contributed by atoms with E-state index in [0.29, 0.717) is 6.67 Å². The van der Waals surface area contributed by atoms with Gasteiger partial charge in [-0.15, -0.1) is 0 Å². The van der Waals surface area contributed by atoms with Gasteiger partial charge in [-0.05, 0) is 57.0 Å². The fourth-order valence-electron chi connectivity index (χ4n) is 4.75. The lowest BCUT2D eigenvalue weighted by Crippen LogP contribution is -2.51. The maximum Gasteiger partial charge on any atom is 0.340 e. The quantitative estimate of drug-likeness (QED) is 0.607. The van der Waals surface area contributed by atoms with Gasteiger partial charge in [0.2, 0.25) is 5.91 Å². The zero-order chi connectivity index (χ0) is 24.9. The zero-order valence-corrected chi connectivity index (χ0v) is 21.3. The Balaban J connectivity index is 1.40. The number of anilines is 2. The molecule has 3 amide bonds. The van der Waals surface area contributed by atoms with Crippen LogP contribution in [0.3, 0.4) is 0 Å². The molecule has 2 aliphatic rings. The van der Waals surface area contributed by atoms with Crippen molar-refractivity contribution in [3.8, 4) is 0 Å². The van der Waals surface area contributed by atoms with Gasteiger partial charge in [0.15, 0.2) is 0 Å². The number of carbonyl (C=O) groups excluding carboxylic acids is 2. The molecule has 2 heterocycles. The second-order valence-corrected chi connectivity index (χ2v) is 9.67. The van der Waals surface area contributed by atoms with Gasteiger partial charge < -0.3 is 10.2 Å². The Labute approximate surface area is 208 Å². The summed E-state index contributed by atoms with van der Waals surface area (Å²) in [6.07, 6.45) is 0.905. The van der Waals surface area contributed by atoms with Crippen molar-refractivity contribution in [1.82, 2.24) is 20.7 Å². The van der Waals surface area contributed by atoms with E-state index in [0.717, 1.165) is 49.5 Å². The summed E-state index contributed by atoms with van der Waals surface area (Å²) in [7, 11) is 0. The van der Waals surface area contributed by atoms with E-state index in [1.807, 2.05) is 63.2 Å². The molecule has 2 fully saturated rings. The molecule has 0 spiro atoms. The van der Waals surface area contributed by atoms with Gasteiger partial charge in [0.1, 0.15) is 6.04 Å². The van der Waals surface area contributed by atoms with Crippen molar-refractivity contribution in [2.75, 3.05) is 42.6 Å². The Bertz CT molecular complexity index is 988. The standard InChI is InChI=1S/C27H38N6O2/c1-5-21(4)33-27(35)32(19-28-33)24-13-11-23(12-14-24)30-15-17-31(18-16-30)25(26(34)29-20(2)3)22-9-7-6-8-10-22/h6-14,20-21,25,28H,5,15-19H2,1-4H3,(H,29,34). The van der Waals surface area contributed by atoms with Gasteiger partial charge in [0, 0.05) is 49.6 Å². The van der Waals surface area contributed by atoms with E-state index in [-0.39, 0.29) is 30.1 Å². The van der Waals surface area contributed by atoms with Crippen LogP contribution in [0.15, 0.2) is 54.6 Å². The molecule has 8 heteroatoms. The van der Waals surface area contributed by atoms with Crippen LogP contribution in [0.5, 0.6) is 0 Å². The van der Waals surface area contributed by atoms with E-state index in [1.54, 1.807) is 9.91 Å². The van der Waals surface area contributed by atoms with E-state index >= 15 is 0 Å². The Hall–Kier alpha value is -3.10. The first-order chi connectivity index (χ1) is 16.9. The van der Waals surface area contributed by atoms with Crippen LogP contribution in [-0.4, -0.2) is 66.8 Å². The lowest BCUT2D eigenvalue weighted by molar-refractivity contribution is -0.127. The van der Waals surface area contributed by atoms with Crippen LogP contribution in [0.25, 0.3) is 0 Å². The van der Waals surface area contributed by atoms with Gasteiger partial charge in [-0.1, -0.05) is 37.3 Å². The number of piperazine rings is 1. The van der Waals surface area contributed by atoms with Crippen molar-refractivity contribution in [1.29, 1.82) is 0 Å². The zero-order valence-electron chi connectivity index (χ0n) is 21.3. The average molecular weight is 479 g/mol. The summed E-state index contributed by atoms with van der Waals surface area (Å²) in [5.41, 5.74) is 6.25. The normalized spacial score (nSPS) is 18.8. The summed E-state index contributed by atoms with van der Waals surface area (Å²) in [6, 6.07) is 18.2. The minimum absolute atomic E-state index is 0.00709. The fourth-order valence-corrected chi connectivity index (χ4v) is 4.75. The molecular formula is C27H38N6O2. The molecular weight excluding hydrogens is 440 g/mol. The highest BCUT2D eigenvalue weighted by atomic mass is 16.2. The number of nitrogens with zero attached hydrogens (tertiary/aromatic N) is 4. The lowest BCUT2D eigenvalue weighted by Gasteiger charge is -2.40. The Morgan fingerprint density at radius 2 is 1.57 bits per heavy atom. The molecule has 0 saturated carbocycles. The molecule has 8 nitrogen and oxygen atoms in total. The maximum absolute atomic E-state index is 13.1. The van der Waals surface area contributed by atoms with Crippen LogP contribution in [0.4, 0.5) is 16.2 Å². The van der Waals surface area contributed by atoms with E-state index < -0.39 is 0 Å². The third-order valence-electron chi connectivity index (χ3n) is 6.87. The molecule has 0 radical (unpaired) electrons. The van der Waals surface area contributed by atoms with Crippen molar-refractivity contribution >= 4 is 23.3 Å². The summed E-state index contributed by atoms with van der Waals surface area (Å²) in [5.74, 6) is 0.0549. The van der Waals surface area contributed by atoms with Gasteiger partial charge in [-0.2, -0.15) is 0 Å². The second kappa shape index (κ2) is 11.1. The molecule has 2 N–H and O–H groups in total. The molecule has 0 aromatic heterocycles. The lowest BCUT2D eigenvalue weighted by atomic mass is 10.0. The number of rotatable bonds is 8. The summed E-state index contributed by atoms with van der Waals surface area (Å²) < 4.78 is 0. The Morgan fingerprint density at radius 1 is 0.943 bits per heavy atom. The number of benzene rings is 2. The predicted molar refractivity (Wildman–Crippen MR) is 140 cm³/mol. The number of hydrogen-bond acceptors (Lipinski definition) is 5. The maximum atomic E-state index is 13.1. The summed E-state index contributed by atoms with van der Waals surface area (Å²) in [6.45, 7) is 11.9. The Kier molecular flexibility index (Phi) is 7.93.